The van der Waals surface area contributed by atoms with Crippen LogP contribution in [0.4, 0.5) is 14.6 Å². The van der Waals surface area contributed by atoms with E-state index in [2.05, 4.69) is 33.0 Å². The standard InChI is InChI=1S/C27H24F2N4O2/c1-17(30-26(34)14-19-12-21(28)15-22(29)13-19)27(35)31-25-16-24(32-33-25)23-10-6-5-9-20(23)11-18-7-3-2-4-8-18/h2-10,12-13,15-17H,11,14H2,1H3,(H,30,34)(H2,31,32,33,35)/t17-/m0/s1. The van der Waals surface area contributed by atoms with E-state index in [-0.39, 0.29) is 12.0 Å². The van der Waals surface area contributed by atoms with Crippen molar-refractivity contribution < 1.29 is 18.4 Å². The number of nitrogens with one attached hydrogen (secondary N) is 3. The van der Waals surface area contributed by atoms with E-state index in [4.69, 9.17) is 0 Å². The van der Waals surface area contributed by atoms with Gasteiger partial charge in [-0.3, -0.25) is 14.7 Å². The molecule has 0 saturated carbocycles. The van der Waals surface area contributed by atoms with Crippen molar-refractivity contribution in [1.29, 1.82) is 0 Å². The number of carbonyl (C=O) groups is 2. The highest BCUT2D eigenvalue weighted by Crippen LogP contribution is 2.26. The van der Waals surface area contributed by atoms with E-state index in [0.717, 1.165) is 41.4 Å². The summed E-state index contributed by atoms with van der Waals surface area (Å²) in [6, 6.07) is 21.8. The summed E-state index contributed by atoms with van der Waals surface area (Å²) >= 11 is 0. The quantitative estimate of drug-likeness (QED) is 0.348. The number of amides is 2. The topological polar surface area (TPSA) is 86.9 Å². The number of carbonyl (C=O) groups excluding carboxylic acids is 2. The van der Waals surface area contributed by atoms with Crippen molar-refractivity contribution in [3.8, 4) is 11.3 Å². The van der Waals surface area contributed by atoms with Gasteiger partial charge in [-0.05, 0) is 42.2 Å². The molecule has 0 fully saturated rings. The maximum atomic E-state index is 13.3. The van der Waals surface area contributed by atoms with Crippen molar-refractivity contribution in [2.75, 3.05) is 5.32 Å². The normalized spacial score (nSPS) is 11.6. The number of halogens is 2. The van der Waals surface area contributed by atoms with E-state index in [0.29, 0.717) is 5.82 Å². The number of hydrogen-bond donors (Lipinski definition) is 3. The molecule has 0 spiro atoms. The molecule has 1 atom stereocenters. The van der Waals surface area contributed by atoms with Gasteiger partial charge in [0.15, 0.2) is 5.82 Å². The van der Waals surface area contributed by atoms with Crippen LogP contribution in [-0.2, 0) is 22.4 Å². The molecule has 2 amide bonds. The van der Waals surface area contributed by atoms with Gasteiger partial charge in [0.05, 0.1) is 12.1 Å². The number of aromatic nitrogens is 2. The number of benzene rings is 3. The molecule has 6 nitrogen and oxygen atoms in total. The number of nitrogens with zero attached hydrogens (tertiary/aromatic N) is 1. The van der Waals surface area contributed by atoms with Gasteiger partial charge in [0.2, 0.25) is 11.8 Å². The molecule has 0 aliphatic carbocycles. The van der Waals surface area contributed by atoms with Crippen LogP contribution in [0.1, 0.15) is 23.6 Å². The summed E-state index contributed by atoms with van der Waals surface area (Å²) in [6.07, 6.45) is 0.493. The summed E-state index contributed by atoms with van der Waals surface area (Å²) in [5, 5.41) is 12.3. The Kier molecular flexibility index (Phi) is 7.30. The van der Waals surface area contributed by atoms with Crippen molar-refractivity contribution in [2.45, 2.75) is 25.8 Å². The molecule has 8 heteroatoms. The second-order valence-electron chi connectivity index (χ2n) is 8.22. The lowest BCUT2D eigenvalue weighted by molar-refractivity contribution is -0.125. The smallest absolute Gasteiger partial charge is 0.247 e. The molecule has 1 aromatic heterocycles. The van der Waals surface area contributed by atoms with Crippen LogP contribution >= 0.6 is 0 Å². The van der Waals surface area contributed by atoms with Crippen molar-refractivity contribution in [3.63, 3.8) is 0 Å². The zero-order chi connectivity index (χ0) is 24.8. The van der Waals surface area contributed by atoms with E-state index in [1.165, 1.54) is 12.5 Å². The summed E-state index contributed by atoms with van der Waals surface area (Å²) in [5.74, 6) is -2.22. The molecule has 0 aliphatic rings. The Hall–Kier alpha value is -4.33. The van der Waals surface area contributed by atoms with Crippen LogP contribution in [-0.4, -0.2) is 28.1 Å². The fourth-order valence-corrected chi connectivity index (χ4v) is 3.77. The molecule has 3 N–H and O–H groups in total. The van der Waals surface area contributed by atoms with E-state index in [1.54, 1.807) is 6.07 Å². The number of hydrogen-bond acceptors (Lipinski definition) is 3. The maximum Gasteiger partial charge on any atom is 0.247 e. The van der Waals surface area contributed by atoms with Crippen LogP contribution in [0.15, 0.2) is 78.9 Å². The first kappa shape index (κ1) is 23.8. The van der Waals surface area contributed by atoms with E-state index >= 15 is 0 Å². The highest BCUT2D eigenvalue weighted by atomic mass is 19.1. The predicted octanol–water partition coefficient (Wildman–Crippen LogP) is 4.63. The first-order valence-corrected chi connectivity index (χ1v) is 11.1. The van der Waals surface area contributed by atoms with Crippen LogP contribution in [0.3, 0.4) is 0 Å². The molecule has 178 valence electrons. The average molecular weight is 475 g/mol. The van der Waals surface area contributed by atoms with Crippen LogP contribution in [0.25, 0.3) is 11.3 Å². The number of aromatic amines is 1. The van der Waals surface area contributed by atoms with Gasteiger partial charge in [0.1, 0.15) is 17.7 Å². The molecule has 0 bridgehead atoms. The Labute approximate surface area is 201 Å². The molecule has 0 aliphatic heterocycles. The van der Waals surface area contributed by atoms with E-state index < -0.39 is 29.5 Å². The zero-order valence-electron chi connectivity index (χ0n) is 19.0. The molecule has 4 aromatic rings. The SMILES string of the molecule is C[C@H](NC(=O)Cc1cc(F)cc(F)c1)C(=O)Nc1cc(-c2ccccc2Cc2ccccc2)[nH]n1. The number of rotatable bonds is 8. The van der Waals surface area contributed by atoms with Crippen LogP contribution in [0.5, 0.6) is 0 Å². The molecule has 3 aromatic carbocycles. The summed E-state index contributed by atoms with van der Waals surface area (Å²) in [7, 11) is 0. The molecule has 0 unspecified atom stereocenters. The lowest BCUT2D eigenvalue weighted by Crippen LogP contribution is -2.42. The van der Waals surface area contributed by atoms with Crippen molar-refractivity contribution in [1.82, 2.24) is 15.5 Å². The Morgan fingerprint density at radius 2 is 1.60 bits per heavy atom. The molecule has 1 heterocycles. The molecule has 0 saturated heterocycles. The molecule has 4 rings (SSSR count). The lowest BCUT2D eigenvalue weighted by atomic mass is 9.98. The molecular weight excluding hydrogens is 450 g/mol. The first-order valence-electron chi connectivity index (χ1n) is 11.1. The Balaban J connectivity index is 1.38. The fourth-order valence-electron chi connectivity index (χ4n) is 3.77. The monoisotopic (exact) mass is 474 g/mol. The largest absolute Gasteiger partial charge is 0.344 e. The third-order valence-electron chi connectivity index (χ3n) is 5.43. The van der Waals surface area contributed by atoms with Gasteiger partial charge in [0, 0.05) is 17.7 Å². The van der Waals surface area contributed by atoms with Gasteiger partial charge < -0.3 is 10.6 Å². The Morgan fingerprint density at radius 1 is 0.914 bits per heavy atom. The average Bonchev–Trinajstić information content (AvgIpc) is 3.27. The Morgan fingerprint density at radius 3 is 2.34 bits per heavy atom. The zero-order valence-corrected chi connectivity index (χ0v) is 19.0. The van der Waals surface area contributed by atoms with Gasteiger partial charge in [-0.15, -0.1) is 0 Å². The summed E-state index contributed by atoms with van der Waals surface area (Å²) in [4.78, 5) is 24.8. The van der Waals surface area contributed by atoms with Gasteiger partial charge in [-0.2, -0.15) is 5.10 Å². The maximum absolute atomic E-state index is 13.3. The minimum atomic E-state index is -0.883. The fraction of sp³-hybridized carbons (Fsp3) is 0.148. The summed E-state index contributed by atoms with van der Waals surface area (Å²) < 4.78 is 26.6. The minimum absolute atomic E-state index is 0.179. The first-order chi connectivity index (χ1) is 16.9. The minimum Gasteiger partial charge on any atom is -0.344 e. The molecule has 0 radical (unpaired) electrons. The van der Waals surface area contributed by atoms with Crippen molar-refractivity contribution in [2.24, 2.45) is 0 Å². The highest BCUT2D eigenvalue weighted by Gasteiger charge is 2.18. The third-order valence-corrected chi connectivity index (χ3v) is 5.43. The third kappa shape index (κ3) is 6.38. The van der Waals surface area contributed by atoms with Gasteiger partial charge in [0.25, 0.3) is 0 Å². The van der Waals surface area contributed by atoms with Crippen molar-refractivity contribution in [3.05, 3.63) is 107 Å². The van der Waals surface area contributed by atoms with Crippen LogP contribution in [0, 0.1) is 11.6 Å². The highest BCUT2D eigenvalue weighted by molar-refractivity contribution is 5.96. The van der Waals surface area contributed by atoms with Gasteiger partial charge in [-0.1, -0.05) is 54.6 Å². The molecular formula is C27H24F2N4O2. The van der Waals surface area contributed by atoms with E-state index in [9.17, 15) is 18.4 Å². The lowest BCUT2D eigenvalue weighted by Gasteiger charge is -2.13. The van der Waals surface area contributed by atoms with Crippen molar-refractivity contribution >= 4 is 17.6 Å². The van der Waals surface area contributed by atoms with Gasteiger partial charge in [-0.25, -0.2) is 8.78 Å². The summed E-state index contributed by atoms with van der Waals surface area (Å²) in [6.45, 7) is 1.52. The van der Waals surface area contributed by atoms with Gasteiger partial charge >= 0.3 is 0 Å². The summed E-state index contributed by atoms with van der Waals surface area (Å²) in [5.41, 5.74) is 4.18. The number of H-pyrrole nitrogens is 1. The van der Waals surface area contributed by atoms with E-state index in [1.807, 2.05) is 42.5 Å². The predicted molar refractivity (Wildman–Crippen MR) is 130 cm³/mol. The second kappa shape index (κ2) is 10.7. The molecule has 35 heavy (non-hydrogen) atoms. The second-order valence-corrected chi connectivity index (χ2v) is 8.22. The number of anilines is 1. The Bertz CT molecular complexity index is 1320. The van der Waals surface area contributed by atoms with Crippen LogP contribution < -0.4 is 10.6 Å². The van der Waals surface area contributed by atoms with Crippen LogP contribution in [0.2, 0.25) is 0 Å².